The molecule has 2 nitrogen and oxygen atoms in total. The van der Waals surface area contributed by atoms with E-state index in [2.05, 4.69) is 78.8 Å². The molecule has 0 saturated heterocycles. The average molecular weight is 276 g/mol. The maximum absolute atomic E-state index is 4.69. The van der Waals surface area contributed by atoms with Crippen molar-refractivity contribution in [1.29, 1.82) is 0 Å². The minimum Gasteiger partial charge on any atom is -0.383 e. The average Bonchev–Trinajstić information content (AvgIpc) is 2.71. The predicted molar refractivity (Wildman–Crippen MR) is 91.3 cm³/mol. The molecule has 0 saturated carbocycles. The highest BCUT2D eigenvalue weighted by Gasteiger charge is 2.09. The summed E-state index contributed by atoms with van der Waals surface area (Å²) in [6.45, 7) is 5.98. The molecule has 0 amide bonds. The van der Waals surface area contributed by atoms with E-state index in [1.807, 2.05) is 0 Å². The molecule has 21 heavy (non-hydrogen) atoms. The van der Waals surface area contributed by atoms with Gasteiger partial charge in [-0.1, -0.05) is 42.5 Å². The van der Waals surface area contributed by atoms with Gasteiger partial charge in [-0.2, -0.15) is 0 Å². The number of hydrogen-bond acceptors (Lipinski definition) is 2. The van der Waals surface area contributed by atoms with Gasteiger partial charge in [0.05, 0.1) is 12.3 Å². The van der Waals surface area contributed by atoms with Crippen LogP contribution in [-0.4, -0.2) is 18.8 Å². The van der Waals surface area contributed by atoms with Crippen LogP contribution in [0.5, 0.6) is 0 Å². The topological polar surface area (TPSA) is 24.4 Å². The van der Waals surface area contributed by atoms with E-state index in [1.165, 1.54) is 27.9 Å². The van der Waals surface area contributed by atoms with Gasteiger partial charge >= 0.3 is 0 Å². The normalized spacial score (nSPS) is 14.3. The zero-order chi connectivity index (χ0) is 14.7. The highest BCUT2D eigenvalue weighted by molar-refractivity contribution is 6.14. The fourth-order valence-corrected chi connectivity index (χ4v) is 2.50. The molecule has 106 valence electrons. The molecule has 0 fully saturated rings. The lowest BCUT2D eigenvalue weighted by Crippen LogP contribution is -2.03. The van der Waals surface area contributed by atoms with E-state index in [0.717, 1.165) is 18.8 Å². The number of hydrogen-bond donors (Lipinski definition) is 1. The van der Waals surface area contributed by atoms with Gasteiger partial charge in [0.1, 0.15) is 0 Å². The van der Waals surface area contributed by atoms with Gasteiger partial charge in [0.2, 0.25) is 0 Å². The third kappa shape index (κ3) is 3.05. The molecule has 1 aliphatic heterocycles. The Morgan fingerprint density at radius 3 is 2.71 bits per heavy atom. The number of nitrogens with zero attached hydrogens (tertiary/aromatic N) is 1. The van der Waals surface area contributed by atoms with Crippen molar-refractivity contribution < 1.29 is 0 Å². The quantitative estimate of drug-likeness (QED) is 0.872. The molecule has 0 spiro atoms. The van der Waals surface area contributed by atoms with Crippen molar-refractivity contribution in [3.8, 4) is 0 Å². The van der Waals surface area contributed by atoms with Crippen LogP contribution in [0.3, 0.4) is 0 Å². The summed E-state index contributed by atoms with van der Waals surface area (Å²) in [5.41, 5.74) is 7.26. The molecule has 2 heteroatoms. The molecule has 0 atom stereocenters. The molecule has 2 aromatic carbocycles. The van der Waals surface area contributed by atoms with E-state index in [4.69, 9.17) is 0 Å². The Hall–Kier alpha value is -2.35. The van der Waals surface area contributed by atoms with E-state index in [1.54, 1.807) is 0 Å². The standard InChI is InChI=1S/C19H20N2/c1-14-7-8-16(13-15(14)2)9-10-19-17-5-3-4-6-18(17)20-11-12-21-19/h3-10,13,20H,11-12H2,1-2H3/b10-9+. The van der Waals surface area contributed by atoms with E-state index < -0.39 is 0 Å². The molecular weight excluding hydrogens is 256 g/mol. The summed E-state index contributed by atoms with van der Waals surface area (Å²) in [7, 11) is 0. The van der Waals surface area contributed by atoms with Crippen molar-refractivity contribution >= 4 is 17.5 Å². The van der Waals surface area contributed by atoms with Crippen LogP contribution in [0.25, 0.3) is 6.08 Å². The SMILES string of the molecule is Cc1ccc(/C=C/C2=NCCNc3ccccc32)cc1C. The van der Waals surface area contributed by atoms with Crippen molar-refractivity contribution in [3.05, 3.63) is 70.8 Å². The summed E-state index contributed by atoms with van der Waals surface area (Å²) >= 11 is 0. The summed E-state index contributed by atoms with van der Waals surface area (Å²) in [5, 5.41) is 3.42. The Bertz CT molecular complexity index is 711. The first-order valence-corrected chi connectivity index (χ1v) is 7.37. The van der Waals surface area contributed by atoms with Gasteiger partial charge in [0.15, 0.2) is 0 Å². The van der Waals surface area contributed by atoms with E-state index in [0.29, 0.717) is 0 Å². The van der Waals surface area contributed by atoms with Crippen LogP contribution in [0.1, 0.15) is 22.3 Å². The van der Waals surface area contributed by atoms with Crippen LogP contribution < -0.4 is 5.32 Å². The number of fused-ring (bicyclic) bond motifs is 1. The zero-order valence-electron chi connectivity index (χ0n) is 12.6. The van der Waals surface area contributed by atoms with Crippen molar-refractivity contribution in [1.82, 2.24) is 0 Å². The highest BCUT2D eigenvalue weighted by Crippen LogP contribution is 2.19. The van der Waals surface area contributed by atoms with Crippen molar-refractivity contribution in [2.24, 2.45) is 4.99 Å². The van der Waals surface area contributed by atoms with Crippen LogP contribution in [0.2, 0.25) is 0 Å². The summed E-state index contributed by atoms with van der Waals surface area (Å²) in [5.74, 6) is 0. The molecule has 1 heterocycles. The van der Waals surface area contributed by atoms with Gasteiger partial charge in [-0.05, 0) is 42.7 Å². The van der Waals surface area contributed by atoms with Crippen LogP contribution in [0, 0.1) is 13.8 Å². The number of rotatable bonds is 2. The summed E-state index contributed by atoms with van der Waals surface area (Å²) in [6.07, 6.45) is 4.27. The number of benzene rings is 2. The summed E-state index contributed by atoms with van der Waals surface area (Å²) in [4.78, 5) is 4.69. The van der Waals surface area contributed by atoms with Gasteiger partial charge in [0.25, 0.3) is 0 Å². The van der Waals surface area contributed by atoms with Crippen molar-refractivity contribution in [3.63, 3.8) is 0 Å². The van der Waals surface area contributed by atoms with Crippen LogP contribution >= 0.6 is 0 Å². The van der Waals surface area contributed by atoms with Crippen molar-refractivity contribution in [2.45, 2.75) is 13.8 Å². The van der Waals surface area contributed by atoms with Gasteiger partial charge in [0, 0.05) is 17.8 Å². The molecular formula is C19H20N2. The minimum atomic E-state index is 0.807. The summed E-state index contributed by atoms with van der Waals surface area (Å²) < 4.78 is 0. The smallest absolute Gasteiger partial charge is 0.0668 e. The third-order valence-electron chi connectivity index (χ3n) is 3.88. The predicted octanol–water partition coefficient (Wildman–Crippen LogP) is 4.23. The van der Waals surface area contributed by atoms with Gasteiger partial charge in [-0.3, -0.25) is 4.99 Å². The van der Waals surface area contributed by atoms with Gasteiger partial charge < -0.3 is 5.32 Å². The fourth-order valence-electron chi connectivity index (χ4n) is 2.50. The molecule has 0 bridgehead atoms. The first-order valence-electron chi connectivity index (χ1n) is 7.37. The third-order valence-corrected chi connectivity index (χ3v) is 3.88. The molecule has 0 radical (unpaired) electrons. The van der Waals surface area contributed by atoms with E-state index in [9.17, 15) is 0 Å². The Morgan fingerprint density at radius 2 is 1.86 bits per heavy atom. The maximum Gasteiger partial charge on any atom is 0.0668 e. The first-order chi connectivity index (χ1) is 10.2. The number of anilines is 1. The Morgan fingerprint density at radius 1 is 1.00 bits per heavy atom. The first kappa shape index (κ1) is 13.6. The minimum absolute atomic E-state index is 0.807. The van der Waals surface area contributed by atoms with Crippen molar-refractivity contribution in [2.75, 3.05) is 18.4 Å². The monoisotopic (exact) mass is 276 g/mol. The van der Waals surface area contributed by atoms with Crippen LogP contribution in [0.4, 0.5) is 5.69 Å². The number of aliphatic imine (C=N–C) groups is 1. The molecule has 1 N–H and O–H groups in total. The number of benzodiazepines with no additional fused rings is 1. The van der Waals surface area contributed by atoms with E-state index in [-0.39, 0.29) is 0 Å². The highest BCUT2D eigenvalue weighted by atomic mass is 14.9. The summed E-state index contributed by atoms with van der Waals surface area (Å²) in [6, 6.07) is 14.9. The lowest BCUT2D eigenvalue weighted by Gasteiger charge is -2.07. The molecule has 0 aromatic heterocycles. The largest absolute Gasteiger partial charge is 0.383 e. The second-order valence-electron chi connectivity index (χ2n) is 5.42. The lowest BCUT2D eigenvalue weighted by atomic mass is 10.0. The maximum atomic E-state index is 4.69. The van der Waals surface area contributed by atoms with Crippen LogP contribution in [0.15, 0.2) is 53.5 Å². The second-order valence-corrected chi connectivity index (χ2v) is 5.42. The lowest BCUT2D eigenvalue weighted by molar-refractivity contribution is 1.04. The van der Waals surface area contributed by atoms with Gasteiger partial charge in [-0.25, -0.2) is 0 Å². The Balaban J connectivity index is 1.92. The number of aryl methyl sites for hydroxylation is 2. The molecule has 2 aromatic rings. The fraction of sp³-hybridized carbons (Fsp3) is 0.211. The van der Waals surface area contributed by atoms with Gasteiger partial charge in [-0.15, -0.1) is 0 Å². The second kappa shape index (κ2) is 5.96. The van der Waals surface area contributed by atoms with E-state index >= 15 is 0 Å². The number of allylic oxidation sites excluding steroid dienone is 1. The molecule has 1 aliphatic rings. The Kier molecular flexibility index (Phi) is 3.87. The zero-order valence-corrected chi connectivity index (χ0v) is 12.6. The molecule has 0 unspecified atom stereocenters. The molecule has 0 aliphatic carbocycles. The number of para-hydroxylation sites is 1. The van der Waals surface area contributed by atoms with Crippen LogP contribution in [-0.2, 0) is 0 Å². The molecule has 3 rings (SSSR count). The Labute approximate surface area is 126 Å². The number of nitrogens with one attached hydrogen (secondary N) is 1.